The molecule has 0 bridgehead atoms. The Morgan fingerprint density at radius 1 is 1.53 bits per heavy atom. The predicted molar refractivity (Wildman–Crippen MR) is 61.4 cm³/mol. The van der Waals surface area contributed by atoms with E-state index >= 15 is 0 Å². The Labute approximate surface area is 95.2 Å². The molecule has 0 amide bonds. The van der Waals surface area contributed by atoms with Crippen LogP contribution in [-0.4, -0.2) is 19.1 Å². The van der Waals surface area contributed by atoms with Crippen molar-refractivity contribution in [2.45, 2.75) is 18.9 Å². The van der Waals surface area contributed by atoms with Crippen molar-refractivity contribution in [1.29, 1.82) is 0 Å². The van der Waals surface area contributed by atoms with Crippen LogP contribution in [0.1, 0.15) is 12.0 Å². The fraction of sp³-hybridized carbons (Fsp3) is 0.364. The summed E-state index contributed by atoms with van der Waals surface area (Å²) in [5, 5.41) is 3.30. The number of esters is 1. The highest BCUT2D eigenvalue weighted by atomic mass is 35.5. The van der Waals surface area contributed by atoms with E-state index in [0.717, 1.165) is 12.1 Å². The lowest BCUT2D eigenvalue weighted by Crippen LogP contribution is -2.20. The highest BCUT2D eigenvalue weighted by Gasteiger charge is 2.22. The third-order valence-corrected chi connectivity index (χ3v) is 2.48. The zero-order valence-corrected chi connectivity index (χ0v) is 9.34. The second-order valence-electron chi connectivity index (χ2n) is 3.48. The first-order valence-corrected chi connectivity index (χ1v) is 4.71. The third kappa shape index (κ3) is 2.63. The SMILES string of the molecule is COC(=O)C[C@H]1Cc2ccccc2N1.Cl. The Balaban J connectivity index is 0.00000112. The van der Waals surface area contributed by atoms with Crippen molar-refractivity contribution in [3.8, 4) is 0 Å². The first-order chi connectivity index (χ1) is 6.79. The molecule has 3 nitrogen and oxygen atoms in total. The molecular weight excluding hydrogens is 214 g/mol. The number of rotatable bonds is 2. The molecule has 0 radical (unpaired) electrons. The Kier molecular flexibility index (Phi) is 3.97. The summed E-state index contributed by atoms with van der Waals surface area (Å²) in [5.74, 6) is -0.157. The fourth-order valence-electron chi connectivity index (χ4n) is 1.78. The highest BCUT2D eigenvalue weighted by molar-refractivity contribution is 5.85. The van der Waals surface area contributed by atoms with Gasteiger partial charge in [0.05, 0.1) is 13.5 Å². The number of methoxy groups -OCH3 is 1. The van der Waals surface area contributed by atoms with Crippen LogP contribution in [0.25, 0.3) is 0 Å². The number of para-hydroxylation sites is 1. The molecule has 15 heavy (non-hydrogen) atoms. The molecule has 1 N–H and O–H groups in total. The Morgan fingerprint density at radius 2 is 2.27 bits per heavy atom. The van der Waals surface area contributed by atoms with Gasteiger partial charge in [-0.2, -0.15) is 0 Å². The van der Waals surface area contributed by atoms with E-state index in [1.54, 1.807) is 0 Å². The minimum absolute atomic E-state index is 0. The van der Waals surface area contributed by atoms with E-state index in [1.807, 2.05) is 18.2 Å². The number of benzene rings is 1. The van der Waals surface area contributed by atoms with Crippen LogP contribution in [0.15, 0.2) is 24.3 Å². The largest absolute Gasteiger partial charge is 0.469 e. The summed E-state index contributed by atoms with van der Waals surface area (Å²) >= 11 is 0. The maximum atomic E-state index is 11.1. The van der Waals surface area contributed by atoms with Crippen LogP contribution in [-0.2, 0) is 16.0 Å². The minimum Gasteiger partial charge on any atom is -0.469 e. The van der Waals surface area contributed by atoms with Crippen molar-refractivity contribution in [3.05, 3.63) is 29.8 Å². The van der Waals surface area contributed by atoms with Gasteiger partial charge in [-0.15, -0.1) is 12.4 Å². The van der Waals surface area contributed by atoms with Crippen molar-refractivity contribution in [1.82, 2.24) is 0 Å². The summed E-state index contributed by atoms with van der Waals surface area (Å²) in [7, 11) is 1.42. The van der Waals surface area contributed by atoms with Crippen molar-refractivity contribution in [2.24, 2.45) is 0 Å². The Morgan fingerprint density at radius 3 is 2.93 bits per heavy atom. The number of halogens is 1. The van der Waals surface area contributed by atoms with Gasteiger partial charge >= 0.3 is 5.97 Å². The zero-order valence-electron chi connectivity index (χ0n) is 8.53. The standard InChI is InChI=1S/C11H13NO2.ClH/c1-14-11(13)7-9-6-8-4-2-3-5-10(8)12-9;/h2-5,9,12H,6-7H2,1H3;1H/t9-;/m1./s1. The van der Waals surface area contributed by atoms with E-state index in [9.17, 15) is 4.79 Å². The first kappa shape index (κ1) is 11.9. The van der Waals surface area contributed by atoms with Crippen LogP contribution in [0.3, 0.4) is 0 Å². The molecule has 1 aliphatic heterocycles. The first-order valence-electron chi connectivity index (χ1n) is 4.71. The monoisotopic (exact) mass is 227 g/mol. The Hall–Kier alpha value is -1.22. The molecule has 0 unspecified atom stereocenters. The third-order valence-electron chi connectivity index (χ3n) is 2.48. The average molecular weight is 228 g/mol. The lowest BCUT2D eigenvalue weighted by molar-refractivity contribution is -0.140. The molecule has 0 fully saturated rings. The van der Waals surface area contributed by atoms with Crippen LogP contribution in [0.2, 0.25) is 0 Å². The quantitative estimate of drug-likeness (QED) is 0.786. The van der Waals surface area contributed by atoms with Gasteiger partial charge < -0.3 is 10.1 Å². The van der Waals surface area contributed by atoms with Gasteiger partial charge in [-0.25, -0.2) is 0 Å². The summed E-state index contributed by atoms with van der Waals surface area (Å²) in [6.07, 6.45) is 1.34. The molecule has 0 aliphatic carbocycles. The van der Waals surface area contributed by atoms with Gasteiger partial charge in [0.15, 0.2) is 0 Å². The smallest absolute Gasteiger partial charge is 0.307 e. The van der Waals surface area contributed by atoms with E-state index in [2.05, 4.69) is 16.1 Å². The number of fused-ring (bicyclic) bond motifs is 1. The summed E-state index contributed by atoms with van der Waals surface area (Å²) in [5.41, 5.74) is 2.42. The maximum absolute atomic E-state index is 11.1. The number of nitrogens with one attached hydrogen (secondary N) is 1. The van der Waals surface area contributed by atoms with Crippen LogP contribution < -0.4 is 5.32 Å². The van der Waals surface area contributed by atoms with E-state index in [0.29, 0.717) is 6.42 Å². The van der Waals surface area contributed by atoms with E-state index in [1.165, 1.54) is 12.7 Å². The number of hydrogen-bond donors (Lipinski definition) is 1. The molecule has 1 heterocycles. The number of hydrogen-bond acceptors (Lipinski definition) is 3. The molecule has 4 heteroatoms. The van der Waals surface area contributed by atoms with Crippen LogP contribution in [0.5, 0.6) is 0 Å². The molecule has 1 aliphatic rings. The van der Waals surface area contributed by atoms with Crippen molar-refractivity contribution in [2.75, 3.05) is 12.4 Å². The number of ether oxygens (including phenoxy) is 1. The molecular formula is C11H14ClNO2. The molecule has 1 aromatic carbocycles. The van der Waals surface area contributed by atoms with Gasteiger partial charge in [0.1, 0.15) is 0 Å². The van der Waals surface area contributed by atoms with Gasteiger partial charge in [-0.1, -0.05) is 18.2 Å². The molecule has 82 valence electrons. The molecule has 0 saturated heterocycles. The molecule has 1 atom stereocenters. The number of carbonyl (C=O) groups is 1. The topological polar surface area (TPSA) is 38.3 Å². The van der Waals surface area contributed by atoms with Gasteiger partial charge in [0.2, 0.25) is 0 Å². The molecule has 0 aromatic heterocycles. The number of carbonyl (C=O) groups excluding carboxylic acids is 1. The summed E-state index contributed by atoms with van der Waals surface area (Å²) in [6.45, 7) is 0. The minimum atomic E-state index is -0.157. The van der Waals surface area contributed by atoms with Crippen LogP contribution in [0.4, 0.5) is 5.69 Å². The molecule has 0 spiro atoms. The molecule has 1 aromatic rings. The lowest BCUT2D eigenvalue weighted by Gasteiger charge is -2.08. The fourth-order valence-corrected chi connectivity index (χ4v) is 1.78. The van der Waals surface area contributed by atoms with Crippen molar-refractivity contribution >= 4 is 24.1 Å². The van der Waals surface area contributed by atoms with Gasteiger partial charge in [0, 0.05) is 11.7 Å². The van der Waals surface area contributed by atoms with Crippen molar-refractivity contribution in [3.63, 3.8) is 0 Å². The van der Waals surface area contributed by atoms with E-state index in [-0.39, 0.29) is 24.4 Å². The van der Waals surface area contributed by atoms with E-state index < -0.39 is 0 Å². The lowest BCUT2D eigenvalue weighted by atomic mass is 10.1. The van der Waals surface area contributed by atoms with Gasteiger partial charge in [-0.3, -0.25) is 4.79 Å². The van der Waals surface area contributed by atoms with Crippen LogP contribution in [0, 0.1) is 0 Å². The average Bonchev–Trinajstić information content (AvgIpc) is 2.59. The maximum Gasteiger partial charge on any atom is 0.307 e. The number of anilines is 1. The Bertz CT molecular complexity index is 329. The van der Waals surface area contributed by atoms with Crippen molar-refractivity contribution < 1.29 is 9.53 Å². The zero-order chi connectivity index (χ0) is 9.97. The summed E-state index contributed by atoms with van der Waals surface area (Å²) in [6, 6.07) is 8.32. The van der Waals surface area contributed by atoms with Gasteiger partial charge in [0.25, 0.3) is 0 Å². The normalized spacial score (nSPS) is 17.3. The summed E-state index contributed by atoms with van der Waals surface area (Å²) in [4.78, 5) is 11.1. The van der Waals surface area contributed by atoms with E-state index in [4.69, 9.17) is 0 Å². The summed E-state index contributed by atoms with van der Waals surface area (Å²) < 4.78 is 4.63. The molecule has 2 rings (SSSR count). The van der Waals surface area contributed by atoms with Crippen LogP contribution >= 0.6 is 12.4 Å². The predicted octanol–water partition coefficient (Wildman–Crippen LogP) is 2.01. The second kappa shape index (κ2) is 5.03. The van der Waals surface area contributed by atoms with Gasteiger partial charge in [-0.05, 0) is 18.1 Å². The second-order valence-corrected chi connectivity index (χ2v) is 3.48. The molecule has 0 saturated carbocycles. The highest BCUT2D eigenvalue weighted by Crippen LogP contribution is 2.26.